The fourth-order valence-corrected chi connectivity index (χ4v) is 1.40. The minimum Gasteiger partial charge on any atom is -0.516 e. The molecule has 3 heteroatoms. The Bertz CT molecular complexity index is 166. The third-order valence-corrected chi connectivity index (χ3v) is 2.13. The van der Waals surface area contributed by atoms with Crippen molar-refractivity contribution in [1.29, 1.82) is 0 Å². The summed E-state index contributed by atoms with van der Waals surface area (Å²) in [6.07, 6.45) is 6.57. The molecular formula is C10H19NO2. The number of nitrogens with one attached hydrogen (secondary N) is 1. The van der Waals surface area contributed by atoms with E-state index in [1.165, 1.54) is 0 Å². The van der Waals surface area contributed by atoms with E-state index in [1.54, 1.807) is 12.2 Å². The van der Waals surface area contributed by atoms with Crippen molar-refractivity contribution in [3.05, 3.63) is 24.7 Å². The number of hydrogen-bond donors (Lipinski definition) is 3. The first-order chi connectivity index (χ1) is 6.29. The molecule has 0 aliphatic carbocycles. The molecule has 0 saturated heterocycles. The third-order valence-electron chi connectivity index (χ3n) is 2.13. The zero-order valence-corrected chi connectivity index (χ0v) is 8.27. The lowest BCUT2D eigenvalue weighted by Gasteiger charge is -2.19. The highest BCUT2D eigenvalue weighted by molar-refractivity contribution is 4.95. The lowest BCUT2D eigenvalue weighted by atomic mass is 9.90. The molecule has 0 aliphatic rings. The molecule has 13 heavy (non-hydrogen) atoms. The fraction of sp³-hybridized carbons (Fsp3) is 0.600. The summed E-state index contributed by atoms with van der Waals surface area (Å²) in [5.74, 6) is 0.490. The molecule has 0 heterocycles. The van der Waals surface area contributed by atoms with Crippen LogP contribution in [-0.2, 0) is 0 Å². The van der Waals surface area contributed by atoms with Crippen molar-refractivity contribution in [1.82, 2.24) is 5.32 Å². The highest BCUT2D eigenvalue weighted by Gasteiger charge is 2.13. The van der Waals surface area contributed by atoms with Gasteiger partial charge in [0.15, 0.2) is 0 Å². The number of aliphatic hydroxyl groups excluding tert-OH is 2. The molecule has 0 spiro atoms. The van der Waals surface area contributed by atoms with Gasteiger partial charge in [0.25, 0.3) is 0 Å². The summed E-state index contributed by atoms with van der Waals surface area (Å²) in [4.78, 5) is 0. The van der Waals surface area contributed by atoms with E-state index in [0.717, 1.165) is 25.5 Å². The monoisotopic (exact) mass is 185 g/mol. The van der Waals surface area contributed by atoms with Crippen LogP contribution < -0.4 is 5.32 Å². The Hall–Kier alpha value is -0.960. The van der Waals surface area contributed by atoms with Gasteiger partial charge in [-0.15, -0.1) is 0 Å². The Morgan fingerprint density at radius 3 is 2.08 bits per heavy atom. The van der Waals surface area contributed by atoms with Crippen LogP contribution in [0, 0.1) is 11.8 Å². The zero-order chi connectivity index (χ0) is 10.1. The number of hydrogen-bond acceptors (Lipinski definition) is 3. The predicted octanol–water partition coefficient (Wildman–Crippen LogP) is 1.99. The SMILES string of the molecule is CCC(/C=C/O)C(/C=C/O)CNC. The van der Waals surface area contributed by atoms with Crippen molar-refractivity contribution in [2.24, 2.45) is 11.8 Å². The Kier molecular flexibility index (Phi) is 7.11. The Labute approximate surface area is 79.8 Å². The maximum absolute atomic E-state index is 8.68. The minimum absolute atomic E-state index is 0.225. The van der Waals surface area contributed by atoms with Crippen molar-refractivity contribution in [3.63, 3.8) is 0 Å². The summed E-state index contributed by atoms with van der Waals surface area (Å²) in [5, 5.41) is 20.4. The lowest BCUT2D eigenvalue weighted by Crippen LogP contribution is -2.23. The molecular weight excluding hydrogens is 166 g/mol. The Morgan fingerprint density at radius 2 is 1.69 bits per heavy atom. The Balaban J connectivity index is 4.28. The van der Waals surface area contributed by atoms with Crippen molar-refractivity contribution in [3.8, 4) is 0 Å². The molecule has 0 aromatic carbocycles. The summed E-state index contributed by atoms with van der Waals surface area (Å²) in [6.45, 7) is 2.85. The maximum atomic E-state index is 8.68. The molecule has 3 nitrogen and oxygen atoms in total. The second-order valence-electron chi connectivity index (χ2n) is 2.98. The average molecular weight is 185 g/mol. The van der Waals surface area contributed by atoms with Gasteiger partial charge in [0.2, 0.25) is 0 Å². The van der Waals surface area contributed by atoms with Gasteiger partial charge in [-0.05, 0) is 37.5 Å². The molecule has 0 amide bonds. The van der Waals surface area contributed by atoms with Gasteiger partial charge in [-0.2, -0.15) is 0 Å². The van der Waals surface area contributed by atoms with Gasteiger partial charge >= 0.3 is 0 Å². The van der Waals surface area contributed by atoms with Crippen molar-refractivity contribution in [2.45, 2.75) is 13.3 Å². The van der Waals surface area contributed by atoms with E-state index in [-0.39, 0.29) is 11.8 Å². The van der Waals surface area contributed by atoms with Crippen LogP contribution in [0.1, 0.15) is 13.3 Å². The van der Waals surface area contributed by atoms with Gasteiger partial charge in [-0.25, -0.2) is 0 Å². The van der Waals surface area contributed by atoms with Gasteiger partial charge in [0.1, 0.15) is 0 Å². The van der Waals surface area contributed by atoms with E-state index in [4.69, 9.17) is 10.2 Å². The van der Waals surface area contributed by atoms with Gasteiger partial charge in [-0.3, -0.25) is 0 Å². The molecule has 0 radical (unpaired) electrons. The third kappa shape index (κ3) is 4.58. The normalized spacial score (nSPS) is 16.8. The molecule has 0 aromatic rings. The predicted molar refractivity (Wildman–Crippen MR) is 54.7 cm³/mol. The second kappa shape index (κ2) is 7.68. The molecule has 3 N–H and O–H groups in total. The first-order valence-corrected chi connectivity index (χ1v) is 4.56. The number of rotatable bonds is 6. The molecule has 0 aromatic heterocycles. The number of allylic oxidation sites excluding steroid dienone is 1. The molecule has 2 unspecified atom stereocenters. The van der Waals surface area contributed by atoms with Crippen LogP contribution in [0.4, 0.5) is 0 Å². The van der Waals surface area contributed by atoms with E-state index >= 15 is 0 Å². The number of aliphatic hydroxyl groups is 2. The van der Waals surface area contributed by atoms with E-state index in [1.807, 2.05) is 7.05 Å². The summed E-state index contributed by atoms with van der Waals surface area (Å²) >= 11 is 0. The van der Waals surface area contributed by atoms with Gasteiger partial charge in [-0.1, -0.05) is 6.92 Å². The van der Waals surface area contributed by atoms with Gasteiger partial charge < -0.3 is 15.5 Å². The quantitative estimate of drug-likeness (QED) is 0.555. The summed E-state index contributed by atoms with van der Waals surface area (Å²) in [6, 6.07) is 0. The van der Waals surface area contributed by atoms with Crippen LogP contribution >= 0.6 is 0 Å². The summed E-state index contributed by atoms with van der Waals surface area (Å²) in [5.41, 5.74) is 0. The second-order valence-corrected chi connectivity index (χ2v) is 2.98. The lowest BCUT2D eigenvalue weighted by molar-refractivity contribution is 0.403. The van der Waals surface area contributed by atoms with Crippen molar-refractivity contribution in [2.75, 3.05) is 13.6 Å². The summed E-state index contributed by atoms with van der Waals surface area (Å²) in [7, 11) is 1.87. The first kappa shape index (κ1) is 12.0. The van der Waals surface area contributed by atoms with E-state index in [9.17, 15) is 0 Å². The highest BCUT2D eigenvalue weighted by Crippen LogP contribution is 2.18. The van der Waals surface area contributed by atoms with E-state index in [0.29, 0.717) is 0 Å². The zero-order valence-electron chi connectivity index (χ0n) is 8.27. The molecule has 0 rings (SSSR count). The largest absolute Gasteiger partial charge is 0.516 e. The molecule has 0 fully saturated rings. The molecule has 76 valence electrons. The fourth-order valence-electron chi connectivity index (χ4n) is 1.40. The van der Waals surface area contributed by atoms with Crippen LogP contribution in [0.3, 0.4) is 0 Å². The molecule has 0 aliphatic heterocycles. The van der Waals surface area contributed by atoms with Crippen LogP contribution in [-0.4, -0.2) is 23.8 Å². The van der Waals surface area contributed by atoms with Crippen LogP contribution in [0.5, 0.6) is 0 Å². The van der Waals surface area contributed by atoms with Crippen LogP contribution in [0.2, 0.25) is 0 Å². The van der Waals surface area contributed by atoms with Crippen LogP contribution in [0.15, 0.2) is 24.7 Å². The topological polar surface area (TPSA) is 52.5 Å². The van der Waals surface area contributed by atoms with Crippen LogP contribution in [0.25, 0.3) is 0 Å². The average Bonchev–Trinajstić information content (AvgIpc) is 2.14. The van der Waals surface area contributed by atoms with E-state index in [2.05, 4.69) is 12.2 Å². The van der Waals surface area contributed by atoms with Crippen molar-refractivity contribution < 1.29 is 10.2 Å². The molecule has 0 bridgehead atoms. The van der Waals surface area contributed by atoms with E-state index < -0.39 is 0 Å². The Morgan fingerprint density at radius 1 is 1.15 bits per heavy atom. The maximum Gasteiger partial charge on any atom is 0.0755 e. The van der Waals surface area contributed by atoms with Gasteiger partial charge in [0.05, 0.1) is 12.5 Å². The summed E-state index contributed by atoms with van der Waals surface area (Å²) < 4.78 is 0. The molecule has 2 atom stereocenters. The van der Waals surface area contributed by atoms with Gasteiger partial charge in [0, 0.05) is 6.54 Å². The first-order valence-electron chi connectivity index (χ1n) is 4.56. The smallest absolute Gasteiger partial charge is 0.0755 e. The highest BCUT2D eigenvalue weighted by atomic mass is 16.2. The molecule has 0 saturated carbocycles. The van der Waals surface area contributed by atoms with Crippen molar-refractivity contribution >= 4 is 0 Å². The standard InChI is InChI=1S/C10H19NO2/c1-3-9(4-6-12)10(5-7-13)8-11-2/h4-7,9-13H,3,8H2,1-2H3/b6-4+,7-5+. The minimum atomic E-state index is 0.225.